The molecule has 6 nitrogen and oxygen atoms in total. The number of amidine groups is 1. The summed E-state index contributed by atoms with van der Waals surface area (Å²) in [6.07, 6.45) is 3.90. The predicted molar refractivity (Wildman–Crippen MR) is 111 cm³/mol. The SMILES string of the molecule is Cc1ccc(CC(=O)Nc2ccc(S(=O)(=O)NC3=NCCCCC3)cc2)cc1. The number of nitrogens with one attached hydrogen (secondary N) is 2. The van der Waals surface area contributed by atoms with Crippen LogP contribution in [0.15, 0.2) is 58.4 Å². The van der Waals surface area contributed by atoms with Crippen LogP contribution in [0.25, 0.3) is 0 Å². The lowest BCUT2D eigenvalue weighted by Crippen LogP contribution is -2.30. The van der Waals surface area contributed by atoms with E-state index in [0.29, 0.717) is 24.5 Å². The summed E-state index contributed by atoms with van der Waals surface area (Å²) in [6.45, 7) is 2.65. The molecular formula is C21H25N3O3S. The molecule has 0 atom stereocenters. The van der Waals surface area contributed by atoms with Crippen LogP contribution in [0.1, 0.15) is 36.8 Å². The number of carbonyl (C=O) groups excluding carboxylic acids is 1. The van der Waals surface area contributed by atoms with Crippen LogP contribution in [-0.4, -0.2) is 26.7 Å². The fourth-order valence-electron chi connectivity index (χ4n) is 2.99. The first-order valence-corrected chi connectivity index (χ1v) is 10.9. The van der Waals surface area contributed by atoms with Crippen molar-refractivity contribution in [1.82, 2.24) is 4.72 Å². The molecule has 0 bridgehead atoms. The normalized spacial score (nSPS) is 14.7. The van der Waals surface area contributed by atoms with Gasteiger partial charge < -0.3 is 5.32 Å². The molecule has 0 aromatic heterocycles. The molecule has 7 heteroatoms. The molecule has 0 saturated heterocycles. The van der Waals surface area contributed by atoms with E-state index in [1.807, 2.05) is 31.2 Å². The molecule has 3 rings (SSSR count). The standard InChI is InChI=1S/C21H25N3O3S/c1-16-6-8-17(9-7-16)15-21(25)23-18-10-12-19(13-11-18)28(26,27)24-20-5-3-2-4-14-22-20/h6-13H,2-5,14-15H2,1H3,(H,22,24)(H,23,25). The fourth-order valence-corrected chi connectivity index (χ4v) is 4.07. The van der Waals surface area contributed by atoms with E-state index >= 15 is 0 Å². The highest BCUT2D eigenvalue weighted by Crippen LogP contribution is 2.16. The van der Waals surface area contributed by atoms with E-state index < -0.39 is 10.0 Å². The average Bonchev–Trinajstić information content (AvgIpc) is 2.92. The highest BCUT2D eigenvalue weighted by Gasteiger charge is 2.17. The number of benzene rings is 2. The Morgan fingerprint density at radius 2 is 1.71 bits per heavy atom. The van der Waals surface area contributed by atoms with Crippen molar-refractivity contribution in [2.45, 2.75) is 43.9 Å². The Kier molecular flexibility index (Phi) is 6.46. The van der Waals surface area contributed by atoms with Crippen LogP contribution in [0.4, 0.5) is 5.69 Å². The lowest BCUT2D eigenvalue weighted by atomic mass is 10.1. The number of aryl methyl sites for hydroxylation is 1. The van der Waals surface area contributed by atoms with Gasteiger partial charge in [0.25, 0.3) is 10.0 Å². The lowest BCUT2D eigenvalue weighted by Gasteiger charge is -2.11. The first kappa shape index (κ1) is 20.1. The maximum Gasteiger partial charge on any atom is 0.262 e. The molecule has 1 heterocycles. The molecule has 0 fully saturated rings. The summed E-state index contributed by atoms with van der Waals surface area (Å²) < 4.78 is 27.7. The number of aliphatic imine (C=N–C) groups is 1. The maximum atomic E-state index is 12.5. The number of rotatable bonds is 5. The van der Waals surface area contributed by atoms with Crippen molar-refractivity contribution in [1.29, 1.82) is 0 Å². The average molecular weight is 400 g/mol. The lowest BCUT2D eigenvalue weighted by molar-refractivity contribution is -0.115. The summed E-state index contributed by atoms with van der Waals surface area (Å²) in [7, 11) is -3.67. The predicted octanol–water partition coefficient (Wildman–Crippen LogP) is 3.43. The van der Waals surface area contributed by atoms with Gasteiger partial charge in [0.2, 0.25) is 5.91 Å². The minimum absolute atomic E-state index is 0.148. The van der Waals surface area contributed by atoms with Crippen molar-refractivity contribution in [2.24, 2.45) is 4.99 Å². The minimum atomic E-state index is -3.67. The molecule has 1 amide bonds. The van der Waals surface area contributed by atoms with Gasteiger partial charge in [0, 0.05) is 18.7 Å². The zero-order valence-electron chi connectivity index (χ0n) is 15.9. The van der Waals surface area contributed by atoms with Crippen LogP contribution in [0.2, 0.25) is 0 Å². The molecule has 148 valence electrons. The molecule has 1 aliphatic heterocycles. The summed E-state index contributed by atoms with van der Waals surface area (Å²) >= 11 is 0. The topological polar surface area (TPSA) is 87.6 Å². The van der Waals surface area contributed by atoms with Crippen molar-refractivity contribution in [3.63, 3.8) is 0 Å². The summed E-state index contributed by atoms with van der Waals surface area (Å²) in [6, 6.07) is 13.9. The van der Waals surface area contributed by atoms with Gasteiger partial charge in [0.1, 0.15) is 5.84 Å². The summed E-state index contributed by atoms with van der Waals surface area (Å²) in [5, 5.41) is 2.80. The van der Waals surface area contributed by atoms with Crippen LogP contribution >= 0.6 is 0 Å². The molecule has 0 radical (unpaired) electrons. The Labute approximate surface area is 166 Å². The van der Waals surface area contributed by atoms with Gasteiger partial charge in [0.15, 0.2) is 0 Å². The molecule has 0 unspecified atom stereocenters. The van der Waals surface area contributed by atoms with E-state index in [1.54, 1.807) is 12.1 Å². The Morgan fingerprint density at radius 1 is 1.00 bits per heavy atom. The van der Waals surface area contributed by atoms with Crippen molar-refractivity contribution < 1.29 is 13.2 Å². The maximum absolute atomic E-state index is 12.5. The van der Waals surface area contributed by atoms with Crippen LogP contribution in [0.3, 0.4) is 0 Å². The third-order valence-electron chi connectivity index (χ3n) is 4.56. The molecular weight excluding hydrogens is 374 g/mol. The van der Waals surface area contributed by atoms with Gasteiger partial charge in [-0.05, 0) is 49.6 Å². The van der Waals surface area contributed by atoms with Gasteiger partial charge in [-0.2, -0.15) is 0 Å². The summed E-state index contributed by atoms with van der Waals surface area (Å²) in [4.78, 5) is 16.6. The third-order valence-corrected chi connectivity index (χ3v) is 5.96. The van der Waals surface area contributed by atoms with E-state index in [-0.39, 0.29) is 17.2 Å². The van der Waals surface area contributed by atoms with E-state index in [2.05, 4.69) is 15.0 Å². The summed E-state index contributed by atoms with van der Waals surface area (Å²) in [5.74, 6) is 0.373. The van der Waals surface area contributed by atoms with Gasteiger partial charge in [-0.15, -0.1) is 0 Å². The van der Waals surface area contributed by atoms with Gasteiger partial charge in [0.05, 0.1) is 11.3 Å². The van der Waals surface area contributed by atoms with Gasteiger partial charge in [-0.1, -0.05) is 36.2 Å². The Hall–Kier alpha value is -2.67. The van der Waals surface area contributed by atoms with Crippen molar-refractivity contribution >= 4 is 27.5 Å². The van der Waals surface area contributed by atoms with Gasteiger partial charge >= 0.3 is 0 Å². The number of nitrogens with zero attached hydrogens (tertiary/aromatic N) is 1. The second-order valence-electron chi connectivity index (χ2n) is 6.98. The smallest absolute Gasteiger partial charge is 0.262 e. The van der Waals surface area contributed by atoms with E-state index in [0.717, 1.165) is 30.4 Å². The molecule has 2 aromatic rings. The minimum Gasteiger partial charge on any atom is -0.326 e. The van der Waals surface area contributed by atoms with Crippen molar-refractivity contribution in [2.75, 3.05) is 11.9 Å². The molecule has 0 saturated carbocycles. The molecule has 28 heavy (non-hydrogen) atoms. The molecule has 0 spiro atoms. The summed E-state index contributed by atoms with van der Waals surface area (Å²) in [5.41, 5.74) is 2.63. The van der Waals surface area contributed by atoms with Gasteiger partial charge in [-0.3, -0.25) is 14.5 Å². The first-order chi connectivity index (χ1) is 13.4. The van der Waals surface area contributed by atoms with Crippen molar-refractivity contribution in [3.05, 3.63) is 59.7 Å². The number of hydrogen-bond donors (Lipinski definition) is 2. The van der Waals surface area contributed by atoms with E-state index in [4.69, 9.17) is 0 Å². The van der Waals surface area contributed by atoms with Crippen LogP contribution < -0.4 is 10.0 Å². The Balaban J connectivity index is 1.61. The van der Waals surface area contributed by atoms with Crippen LogP contribution in [0.5, 0.6) is 0 Å². The van der Waals surface area contributed by atoms with Crippen LogP contribution in [0, 0.1) is 6.92 Å². The third kappa shape index (κ3) is 5.66. The number of carbonyl (C=O) groups is 1. The molecule has 2 N–H and O–H groups in total. The quantitative estimate of drug-likeness (QED) is 0.807. The number of amides is 1. The monoisotopic (exact) mass is 399 g/mol. The van der Waals surface area contributed by atoms with E-state index in [9.17, 15) is 13.2 Å². The van der Waals surface area contributed by atoms with E-state index in [1.165, 1.54) is 12.1 Å². The molecule has 1 aliphatic rings. The highest BCUT2D eigenvalue weighted by molar-refractivity contribution is 7.90. The zero-order valence-corrected chi connectivity index (χ0v) is 16.8. The van der Waals surface area contributed by atoms with Gasteiger partial charge in [-0.25, -0.2) is 8.42 Å². The largest absolute Gasteiger partial charge is 0.326 e. The number of anilines is 1. The Bertz CT molecular complexity index is 949. The highest BCUT2D eigenvalue weighted by atomic mass is 32.2. The zero-order chi connectivity index (χ0) is 20.0. The second kappa shape index (κ2) is 9.01. The molecule has 0 aliphatic carbocycles. The fraction of sp³-hybridized carbons (Fsp3) is 0.333. The number of hydrogen-bond acceptors (Lipinski definition) is 4. The van der Waals surface area contributed by atoms with Crippen molar-refractivity contribution in [3.8, 4) is 0 Å². The van der Waals surface area contributed by atoms with Crippen LogP contribution in [-0.2, 0) is 21.2 Å². The first-order valence-electron chi connectivity index (χ1n) is 9.44. The number of sulfonamides is 1. The second-order valence-corrected chi connectivity index (χ2v) is 8.66. The Morgan fingerprint density at radius 3 is 2.43 bits per heavy atom. The molecule has 2 aromatic carbocycles.